The number of rotatable bonds is 5. The van der Waals surface area contributed by atoms with Gasteiger partial charge in [-0.2, -0.15) is 4.98 Å². The zero-order valence-corrected chi connectivity index (χ0v) is 18.7. The minimum atomic E-state index is -0.510. The first-order chi connectivity index (χ1) is 16.4. The molecule has 1 N–H and O–H groups in total. The van der Waals surface area contributed by atoms with Gasteiger partial charge in [-0.1, -0.05) is 37.3 Å². The van der Waals surface area contributed by atoms with Crippen molar-refractivity contribution in [1.29, 1.82) is 0 Å². The minimum absolute atomic E-state index is 0.0271. The van der Waals surface area contributed by atoms with E-state index in [-0.39, 0.29) is 23.8 Å². The van der Waals surface area contributed by atoms with Crippen LogP contribution >= 0.6 is 0 Å². The number of aromatic nitrogens is 4. The third kappa shape index (κ3) is 3.94. The highest BCUT2D eigenvalue weighted by molar-refractivity contribution is 6.02. The molecule has 0 saturated heterocycles. The molecule has 0 spiro atoms. The Hall–Kier alpha value is -4.33. The summed E-state index contributed by atoms with van der Waals surface area (Å²) in [5.74, 6) is -0.994. The van der Waals surface area contributed by atoms with Crippen molar-refractivity contribution in [2.24, 2.45) is 0 Å². The van der Waals surface area contributed by atoms with Crippen molar-refractivity contribution in [3.8, 4) is 0 Å². The standard InChI is InChI=1S/C26H22FN5O2/c1-3-17-8-10-20(11-9-17)28-25(33)23-29-24-26(34)31(15-18-5-4-6-19(27)14-18)22-13-16(2)7-12-21(22)32(24)30-23/h4-14H,3,15H2,1-2H3,(H,28,33). The molecule has 170 valence electrons. The van der Waals surface area contributed by atoms with Crippen LogP contribution in [0.15, 0.2) is 71.5 Å². The maximum atomic E-state index is 13.8. The number of fused-ring (bicyclic) bond motifs is 3. The number of carbonyl (C=O) groups is 1. The molecule has 2 heterocycles. The van der Waals surface area contributed by atoms with Crippen LogP contribution in [0.5, 0.6) is 0 Å². The van der Waals surface area contributed by atoms with E-state index in [0.29, 0.717) is 22.3 Å². The van der Waals surface area contributed by atoms with Crippen LogP contribution in [0.2, 0.25) is 0 Å². The van der Waals surface area contributed by atoms with Gasteiger partial charge >= 0.3 is 0 Å². The van der Waals surface area contributed by atoms with Crippen LogP contribution in [0.25, 0.3) is 16.7 Å². The second-order valence-corrected chi connectivity index (χ2v) is 8.19. The molecule has 8 heteroatoms. The summed E-state index contributed by atoms with van der Waals surface area (Å²) in [6.45, 7) is 4.14. The summed E-state index contributed by atoms with van der Waals surface area (Å²) in [5, 5.41) is 7.12. The molecule has 0 unspecified atom stereocenters. The van der Waals surface area contributed by atoms with E-state index in [4.69, 9.17) is 0 Å². The number of aryl methyl sites for hydroxylation is 2. The van der Waals surface area contributed by atoms with Crippen LogP contribution < -0.4 is 10.9 Å². The molecular formula is C26H22FN5O2. The summed E-state index contributed by atoms with van der Waals surface area (Å²) in [5.41, 5.74) is 4.22. The fourth-order valence-corrected chi connectivity index (χ4v) is 3.96. The number of benzene rings is 3. The van der Waals surface area contributed by atoms with Crippen LogP contribution in [0.4, 0.5) is 10.1 Å². The molecule has 2 aromatic heterocycles. The molecule has 0 radical (unpaired) electrons. The Morgan fingerprint density at radius 1 is 1.00 bits per heavy atom. The maximum absolute atomic E-state index is 13.8. The number of nitrogens with one attached hydrogen (secondary N) is 1. The smallest absolute Gasteiger partial charge is 0.296 e. The number of halogens is 1. The predicted molar refractivity (Wildman–Crippen MR) is 129 cm³/mol. The quantitative estimate of drug-likeness (QED) is 0.427. The lowest BCUT2D eigenvalue weighted by Gasteiger charge is -2.12. The van der Waals surface area contributed by atoms with Gasteiger partial charge in [0.2, 0.25) is 11.5 Å². The second kappa shape index (κ2) is 8.55. The molecule has 5 rings (SSSR count). The first kappa shape index (κ1) is 21.5. The number of amides is 1. The Labute approximate surface area is 194 Å². The Morgan fingerprint density at radius 3 is 2.53 bits per heavy atom. The molecule has 0 atom stereocenters. The van der Waals surface area contributed by atoms with E-state index in [9.17, 15) is 14.0 Å². The van der Waals surface area contributed by atoms with Gasteiger partial charge in [-0.25, -0.2) is 8.91 Å². The third-order valence-corrected chi connectivity index (χ3v) is 5.75. The van der Waals surface area contributed by atoms with Crippen LogP contribution in [-0.2, 0) is 13.0 Å². The molecule has 0 aliphatic carbocycles. The average molecular weight is 455 g/mol. The lowest BCUT2D eigenvalue weighted by atomic mass is 10.1. The van der Waals surface area contributed by atoms with E-state index >= 15 is 0 Å². The van der Waals surface area contributed by atoms with Crippen molar-refractivity contribution in [3.05, 3.63) is 105 Å². The van der Waals surface area contributed by atoms with E-state index in [1.807, 2.05) is 49.4 Å². The van der Waals surface area contributed by atoms with Gasteiger partial charge in [-0.05, 0) is 66.4 Å². The molecule has 7 nitrogen and oxygen atoms in total. The Kier molecular flexibility index (Phi) is 5.41. The highest BCUT2D eigenvalue weighted by Gasteiger charge is 2.19. The monoisotopic (exact) mass is 455 g/mol. The number of hydrogen-bond acceptors (Lipinski definition) is 4. The fraction of sp³-hybridized carbons (Fsp3) is 0.154. The normalized spacial score (nSPS) is 11.3. The third-order valence-electron chi connectivity index (χ3n) is 5.75. The lowest BCUT2D eigenvalue weighted by molar-refractivity contribution is 0.101. The zero-order chi connectivity index (χ0) is 23.8. The van der Waals surface area contributed by atoms with Gasteiger partial charge in [0.05, 0.1) is 17.6 Å². The molecule has 3 aromatic carbocycles. The summed E-state index contributed by atoms with van der Waals surface area (Å²) in [6.07, 6.45) is 0.899. The molecule has 5 aromatic rings. The second-order valence-electron chi connectivity index (χ2n) is 8.19. The van der Waals surface area contributed by atoms with E-state index in [1.165, 1.54) is 21.2 Å². The number of nitrogens with zero attached hydrogens (tertiary/aromatic N) is 4. The largest absolute Gasteiger partial charge is 0.319 e. The fourth-order valence-electron chi connectivity index (χ4n) is 3.96. The SMILES string of the molecule is CCc1ccc(NC(=O)c2nc3c(=O)n(Cc4cccc(F)c4)c4cc(C)ccc4n3n2)cc1. The topological polar surface area (TPSA) is 81.3 Å². The van der Waals surface area contributed by atoms with Crippen molar-refractivity contribution < 1.29 is 9.18 Å². The first-order valence-electron chi connectivity index (χ1n) is 11.0. The number of hydrogen-bond donors (Lipinski definition) is 1. The summed E-state index contributed by atoms with van der Waals surface area (Å²) in [4.78, 5) is 30.5. The summed E-state index contributed by atoms with van der Waals surface area (Å²) >= 11 is 0. The molecule has 0 bridgehead atoms. The molecule has 0 saturated carbocycles. The summed E-state index contributed by atoms with van der Waals surface area (Å²) in [6, 6.07) is 19.2. The van der Waals surface area contributed by atoms with Gasteiger partial charge in [0, 0.05) is 5.69 Å². The van der Waals surface area contributed by atoms with Crippen molar-refractivity contribution in [1.82, 2.24) is 19.2 Å². The predicted octanol–water partition coefficient (Wildman–Crippen LogP) is 4.35. The van der Waals surface area contributed by atoms with Crippen molar-refractivity contribution in [3.63, 3.8) is 0 Å². The van der Waals surface area contributed by atoms with Gasteiger partial charge in [-0.3, -0.25) is 14.2 Å². The Balaban J connectivity index is 1.61. The number of carbonyl (C=O) groups excluding carboxylic acids is 1. The van der Waals surface area contributed by atoms with E-state index in [1.54, 1.807) is 12.1 Å². The van der Waals surface area contributed by atoms with E-state index < -0.39 is 11.5 Å². The van der Waals surface area contributed by atoms with Gasteiger partial charge < -0.3 is 5.32 Å². The van der Waals surface area contributed by atoms with Crippen LogP contribution in [-0.4, -0.2) is 25.1 Å². The first-order valence-corrected chi connectivity index (χ1v) is 11.0. The Bertz CT molecular complexity index is 1600. The Morgan fingerprint density at radius 2 is 1.79 bits per heavy atom. The highest BCUT2D eigenvalue weighted by Crippen LogP contribution is 2.18. The van der Waals surface area contributed by atoms with Gasteiger partial charge in [0.25, 0.3) is 11.5 Å². The van der Waals surface area contributed by atoms with E-state index in [0.717, 1.165) is 17.5 Å². The van der Waals surface area contributed by atoms with Crippen molar-refractivity contribution in [2.45, 2.75) is 26.8 Å². The highest BCUT2D eigenvalue weighted by atomic mass is 19.1. The molecule has 34 heavy (non-hydrogen) atoms. The van der Waals surface area contributed by atoms with Gasteiger partial charge in [0.15, 0.2) is 0 Å². The average Bonchev–Trinajstić information content (AvgIpc) is 3.28. The minimum Gasteiger partial charge on any atom is -0.319 e. The van der Waals surface area contributed by atoms with E-state index in [2.05, 4.69) is 22.3 Å². The molecular weight excluding hydrogens is 433 g/mol. The summed E-state index contributed by atoms with van der Waals surface area (Å²) in [7, 11) is 0. The van der Waals surface area contributed by atoms with Gasteiger partial charge in [0.1, 0.15) is 5.82 Å². The van der Waals surface area contributed by atoms with Crippen LogP contribution in [0.3, 0.4) is 0 Å². The van der Waals surface area contributed by atoms with Crippen molar-refractivity contribution in [2.75, 3.05) is 5.32 Å². The lowest BCUT2D eigenvalue weighted by Crippen LogP contribution is -2.24. The van der Waals surface area contributed by atoms with Crippen LogP contribution in [0.1, 0.15) is 34.2 Å². The molecule has 0 aliphatic heterocycles. The maximum Gasteiger partial charge on any atom is 0.296 e. The molecule has 0 aliphatic rings. The van der Waals surface area contributed by atoms with Crippen LogP contribution in [0, 0.1) is 12.7 Å². The zero-order valence-electron chi connectivity index (χ0n) is 18.7. The van der Waals surface area contributed by atoms with Crippen molar-refractivity contribution >= 4 is 28.3 Å². The molecule has 1 amide bonds. The molecule has 0 fully saturated rings. The summed E-state index contributed by atoms with van der Waals surface area (Å²) < 4.78 is 16.7. The number of anilines is 1. The van der Waals surface area contributed by atoms with Gasteiger partial charge in [-0.15, -0.1) is 5.10 Å².